The van der Waals surface area contributed by atoms with E-state index in [-0.39, 0.29) is 18.1 Å². The second kappa shape index (κ2) is 5.29. The lowest BCUT2D eigenvalue weighted by Crippen LogP contribution is -2.13. The maximum absolute atomic E-state index is 11.7. The molecule has 1 aromatic heterocycles. The smallest absolute Gasteiger partial charge is 0.230 e. The Kier molecular flexibility index (Phi) is 3.75. The Bertz CT molecular complexity index is 542. The Morgan fingerprint density at radius 2 is 2.35 bits per heavy atom. The van der Waals surface area contributed by atoms with Crippen LogP contribution in [0.1, 0.15) is 5.56 Å². The van der Waals surface area contributed by atoms with Crippen molar-refractivity contribution in [3.63, 3.8) is 0 Å². The maximum Gasteiger partial charge on any atom is 0.230 e. The predicted octanol–water partition coefficient (Wildman–Crippen LogP) is 2.79. The van der Waals surface area contributed by atoms with Crippen molar-refractivity contribution in [3.05, 3.63) is 39.8 Å². The van der Waals surface area contributed by atoms with Crippen molar-refractivity contribution in [3.8, 4) is 5.75 Å². The standard InChI is InChI=1S/C11H9BrN2O2S/c12-9-6-13-11(17-9)14-10(16)5-7-2-1-3-8(15)4-7/h1-4,6,15H,5H2,(H,13,14,16). The summed E-state index contributed by atoms with van der Waals surface area (Å²) < 4.78 is 0.866. The van der Waals surface area contributed by atoms with Crippen molar-refractivity contribution in [1.29, 1.82) is 0 Å². The van der Waals surface area contributed by atoms with Crippen LogP contribution in [0, 0.1) is 0 Å². The zero-order valence-corrected chi connectivity index (χ0v) is 11.1. The highest BCUT2D eigenvalue weighted by atomic mass is 79.9. The zero-order valence-electron chi connectivity index (χ0n) is 8.68. The van der Waals surface area contributed by atoms with Gasteiger partial charge in [-0.2, -0.15) is 0 Å². The van der Waals surface area contributed by atoms with Gasteiger partial charge in [-0.25, -0.2) is 4.98 Å². The molecule has 0 aliphatic heterocycles. The predicted molar refractivity (Wildman–Crippen MR) is 70.3 cm³/mol. The summed E-state index contributed by atoms with van der Waals surface area (Å²) in [5, 5.41) is 12.5. The van der Waals surface area contributed by atoms with E-state index in [9.17, 15) is 9.90 Å². The number of nitrogens with zero attached hydrogens (tertiary/aromatic N) is 1. The summed E-state index contributed by atoms with van der Waals surface area (Å²) in [7, 11) is 0. The Morgan fingerprint density at radius 3 is 3.00 bits per heavy atom. The van der Waals surface area contributed by atoms with E-state index in [4.69, 9.17) is 0 Å². The van der Waals surface area contributed by atoms with E-state index in [2.05, 4.69) is 26.2 Å². The number of aromatic hydroxyl groups is 1. The van der Waals surface area contributed by atoms with Gasteiger partial charge in [-0.1, -0.05) is 23.5 Å². The SMILES string of the molecule is O=C(Cc1cccc(O)c1)Nc1ncc(Br)s1. The molecule has 88 valence electrons. The molecule has 0 aliphatic carbocycles. The molecule has 2 N–H and O–H groups in total. The number of halogens is 1. The topological polar surface area (TPSA) is 62.2 Å². The van der Waals surface area contributed by atoms with Crippen molar-refractivity contribution in [1.82, 2.24) is 4.98 Å². The summed E-state index contributed by atoms with van der Waals surface area (Å²) in [5.41, 5.74) is 0.762. The molecule has 0 radical (unpaired) electrons. The average Bonchev–Trinajstić information content (AvgIpc) is 2.63. The number of phenols is 1. The number of rotatable bonds is 3. The first-order valence-electron chi connectivity index (χ1n) is 4.82. The van der Waals surface area contributed by atoms with Gasteiger partial charge in [0, 0.05) is 0 Å². The molecule has 0 bridgehead atoms. The second-order valence-electron chi connectivity index (χ2n) is 3.36. The van der Waals surface area contributed by atoms with Crippen LogP contribution in [0.2, 0.25) is 0 Å². The van der Waals surface area contributed by atoms with Gasteiger partial charge in [0.25, 0.3) is 0 Å². The fourth-order valence-corrected chi connectivity index (χ4v) is 2.45. The molecular weight excluding hydrogens is 304 g/mol. The van der Waals surface area contributed by atoms with Crippen LogP contribution in [0.3, 0.4) is 0 Å². The normalized spacial score (nSPS) is 10.2. The number of carbonyl (C=O) groups is 1. The molecule has 0 saturated heterocycles. The summed E-state index contributed by atoms with van der Waals surface area (Å²) in [6.07, 6.45) is 1.85. The Morgan fingerprint density at radius 1 is 1.53 bits per heavy atom. The van der Waals surface area contributed by atoms with E-state index in [0.717, 1.165) is 9.35 Å². The summed E-state index contributed by atoms with van der Waals surface area (Å²) in [4.78, 5) is 15.7. The molecule has 2 aromatic rings. The molecular formula is C11H9BrN2O2S. The number of anilines is 1. The quantitative estimate of drug-likeness (QED) is 0.916. The summed E-state index contributed by atoms with van der Waals surface area (Å²) in [5.74, 6) is 0.00439. The minimum atomic E-state index is -0.155. The van der Waals surface area contributed by atoms with Crippen molar-refractivity contribution in [2.45, 2.75) is 6.42 Å². The maximum atomic E-state index is 11.7. The number of carbonyl (C=O) groups excluding carboxylic acids is 1. The van der Waals surface area contributed by atoms with Crippen LogP contribution in [-0.4, -0.2) is 16.0 Å². The third-order valence-corrected chi connectivity index (χ3v) is 3.39. The van der Waals surface area contributed by atoms with E-state index >= 15 is 0 Å². The van der Waals surface area contributed by atoms with Crippen LogP contribution in [0.5, 0.6) is 5.75 Å². The molecule has 17 heavy (non-hydrogen) atoms. The number of benzene rings is 1. The number of nitrogens with one attached hydrogen (secondary N) is 1. The fourth-order valence-electron chi connectivity index (χ4n) is 1.33. The number of amides is 1. The molecule has 1 aromatic carbocycles. The molecule has 0 saturated carbocycles. The summed E-state index contributed by atoms with van der Waals surface area (Å²) in [6.45, 7) is 0. The number of thiazole rings is 1. The lowest BCUT2D eigenvalue weighted by molar-refractivity contribution is -0.115. The van der Waals surface area contributed by atoms with Gasteiger partial charge >= 0.3 is 0 Å². The number of hydrogen-bond acceptors (Lipinski definition) is 4. The molecule has 1 amide bonds. The third-order valence-electron chi connectivity index (χ3n) is 2.00. The molecule has 6 heteroatoms. The molecule has 0 spiro atoms. The molecule has 2 rings (SSSR count). The first-order chi connectivity index (χ1) is 8.13. The summed E-state index contributed by atoms with van der Waals surface area (Å²) >= 11 is 4.62. The van der Waals surface area contributed by atoms with Crippen molar-refractivity contribution < 1.29 is 9.90 Å². The number of phenolic OH excluding ortho intramolecular Hbond substituents is 1. The molecule has 4 nitrogen and oxygen atoms in total. The monoisotopic (exact) mass is 312 g/mol. The van der Waals surface area contributed by atoms with Gasteiger partial charge in [0.05, 0.1) is 16.4 Å². The van der Waals surface area contributed by atoms with E-state index in [0.29, 0.717) is 5.13 Å². The van der Waals surface area contributed by atoms with Gasteiger partial charge in [0.15, 0.2) is 5.13 Å². The van der Waals surface area contributed by atoms with Gasteiger partial charge in [-0.3, -0.25) is 4.79 Å². The highest BCUT2D eigenvalue weighted by Gasteiger charge is 2.07. The number of aromatic nitrogens is 1. The van der Waals surface area contributed by atoms with E-state index in [1.165, 1.54) is 11.3 Å². The first kappa shape index (κ1) is 12.1. The van der Waals surface area contributed by atoms with Crippen molar-refractivity contribution in [2.75, 3.05) is 5.32 Å². The van der Waals surface area contributed by atoms with Gasteiger partial charge < -0.3 is 10.4 Å². The molecule has 1 heterocycles. The first-order valence-corrected chi connectivity index (χ1v) is 6.43. The number of hydrogen-bond donors (Lipinski definition) is 2. The average molecular weight is 313 g/mol. The van der Waals surface area contributed by atoms with E-state index < -0.39 is 0 Å². The van der Waals surface area contributed by atoms with Crippen molar-refractivity contribution in [2.24, 2.45) is 0 Å². The lowest BCUT2D eigenvalue weighted by Gasteiger charge is -2.02. The molecule has 0 unspecified atom stereocenters. The van der Waals surface area contributed by atoms with E-state index in [1.54, 1.807) is 30.5 Å². The fraction of sp³-hybridized carbons (Fsp3) is 0.0909. The minimum absolute atomic E-state index is 0.155. The highest BCUT2D eigenvalue weighted by Crippen LogP contribution is 2.23. The third kappa shape index (κ3) is 3.54. The zero-order chi connectivity index (χ0) is 12.3. The van der Waals surface area contributed by atoms with Gasteiger partial charge in [0.1, 0.15) is 5.75 Å². The van der Waals surface area contributed by atoms with Crippen LogP contribution >= 0.6 is 27.3 Å². The minimum Gasteiger partial charge on any atom is -0.508 e. The Hall–Kier alpha value is -1.40. The van der Waals surface area contributed by atoms with Crippen LogP contribution in [0.25, 0.3) is 0 Å². The van der Waals surface area contributed by atoms with Crippen molar-refractivity contribution >= 4 is 38.3 Å². The molecule has 0 aliphatic rings. The lowest BCUT2D eigenvalue weighted by atomic mass is 10.1. The molecule has 0 fully saturated rings. The van der Waals surface area contributed by atoms with Crippen LogP contribution < -0.4 is 5.32 Å². The Labute approximate surface area is 110 Å². The highest BCUT2D eigenvalue weighted by molar-refractivity contribution is 9.11. The van der Waals surface area contributed by atoms with Gasteiger partial charge in [-0.15, -0.1) is 0 Å². The van der Waals surface area contributed by atoms with Crippen LogP contribution in [-0.2, 0) is 11.2 Å². The van der Waals surface area contributed by atoms with E-state index in [1.807, 2.05) is 0 Å². The Balaban J connectivity index is 1.98. The van der Waals surface area contributed by atoms with Crippen LogP contribution in [0.15, 0.2) is 34.2 Å². The van der Waals surface area contributed by atoms with Gasteiger partial charge in [0.2, 0.25) is 5.91 Å². The second-order valence-corrected chi connectivity index (χ2v) is 5.77. The molecule has 0 atom stereocenters. The largest absolute Gasteiger partial charge is 0.508 e. The van der Waals surface area contributed by atoms with Gasteiger partial charge in [-0.05, 0) is 33.6 Å². The van der Waals surface area contributed by atoms with Crippen LogP contribution in [0.4, 0.5) is 5.13 Å². The summed E-state index contributed by atoms with van der Waals surface area (Å²) in [6, 6.07) is 6.63.